The van der Waals surface area contributed by atoms with Gasteiger partial charge in [-0.1, -0.05) is 6.92 Å². The molecule has 0 atom stereocenters. The number of rotatable bonds is 1. The molecule has 8 heteroatoms. The van der Waals surface area contributed by atoms with Crippen molar-refractivity contribution in [2.45, 2.75) is 13.8 Å². The van der Waals surface area contributed by atoms with Gasteiger partial charge >= 0.3 is 17.1 Å². The maximum Gasteiger partial charge on any atom is 3.00 e. The number of ketones is 1. The molecule has 0 amide bonds. The quantitative estimate of drug-likeness (QED) is 0.184. The minimum absolute atomic E-state index is 0. The van der Waals surface area contributed by atoms with E-state index in [0.29, 0.717) is 0 Å². The van der Waals surface area contributed by atoms with Crippen molar-refractivity contribution >= 4 is 16.2 Å². The molecular formula is C5H7FeO6S. The Morgan fingerprint density at radius 3 is 1.46 bits per heavy atom. The van der Waals surface area contributed by atoms with Crippen LogP contribution < -0.4 is 5.11 Å². The van der Waals surface area contributed by atoms with Crippen LogP contribution in [0.25, 0.3) is 0 Å². The zero-order chi connectivity index (χ0) is 10.4. The third-order valence-electron chi connectivity index (χ3n) is 0.407. The zero-order valence-corrected chi connectivity index (χ0v) is 8.71. The molecule has 0 aliphatic heterocycles. The minimum Gasteiger partial charge on any atom is -0.876 e. The fraction of sp³-hybridized carbons (Fsp3) is 0.400. The van der Waals surface area contributed by atoms with E-state index in [0.717, 1.165) is 6.08 Å². The van der Waals surface area contributed by atoms with Crippen molar-refractivity contribution in [3.63, 3.8) is 0 Å². The summed E-state index contributed by atoms with van der Waals surface area (Å²) in [6.45, 7) is 2.70. The maximum absolute atomic E-state index is 9.98. The van der Waals surface area contributed by atoms with E-state index < -0.39 is 10.4 Å². The van der Waals surface area contributed by atoms with Crippen LogP contribution in [0.2, 0.25) is 0 Å². The second kappa shape index (κ2) is 8.21. The molecule has 0 N–H and O–H groups in total. The van der Waals surface area contributed by atoms with E-state index in [1.54, 1.807) is 0 Å². The van der Waals surface area contributed by atoms with Crippen molar-refractivity contribution < 1.29 is 44.5 Å². The maximum atomic E-state index is 9.98. The van der Waals surface area contributed by atoms with Gasteiger partial charge in [0.05, 0.1) is 0 Å². The normalized spacial score (nSPS) is 10.6. The third kappa shape index (κ3) is 82.5. The summed E-state index contributed by atoms with van der Waals surface area (Å²) in [4.78, 5) is 9.98. The van der Waals surface area contributed by atoms with Gasteiger partial charge in [-0.2, -0.15) is 0 Å². The van der Waals surface area contributed by atoms with Crippen molar-refractivity contribution in [3.05, 3.63) is 11.8 Å². The molecule has 0 aromatic rings. The molecule has 13 heavy (non-hydrogen) atoms. The van der Waals surface area contributed by atoms with E-state index >= 15 is 0 Å². The summed E-state index contributed by atoms with van der Waals surface area (Å²) in [6, 6.07) is 0. The smallest absolute Gasteiger partial charge is 0.876 e. The van der Waals surface area contributed by atoms with E-state index in [9.17, 15) is 9.90 Å². The van der Waals surface area contributed by atoms with Crippen molar-refractivity contribution in [3.8, 4) is 0 Å². The van der Waals surface area contributed by atoms with Gasteiger partial charge < -0.3 is 14.2 Å². The third-order valence-corrected chi connectivity index (χ3v) is 0.407. The first-order valence-corrected chi connectivity index (χ1v) is 3.99. The molecule has 77 valence electrons. The van der Waals surface area contributed by atoms with Gasteiger partial charge in [0.1, 0.15) is 0 Å². The Bertz CT molecular complexity index is 255. The molecule has 0 heterocycles. The van der Waals surface area contributed by atoms with Gasteiger partial charge in [-0.15, -0.1) is 5.76 Å². The molecule has 6 nitrogen and oxygen atoms in total. The van der Waals surface area contributed by atoms with Gasteiger partial charge in [-0.05, 0) is 13.0 Å². The molecule has 0 bridgehead atoms. The van der Waals surface area contributed by atoms with Gasteiger partial charge in [0.2, 0.25) is 0 Å². The van der Waals surface area contributed by atoms with Crippen LogP contribution in [-0.4, -0.2) is 23.3 Å². The van der Waals surface area contributed by atoms with E-state index in [1.807, 2.05) is 0 Å². The molecule has 0 fully saturated rings. The predicted octanol–water partition coefficient (Wildman–Crippen LogP) is -1.50. The molecule has 0 saturated heterocycles. The summed E-state index contributed by atoms with van der Waals surface area (Å²) in [5.74, 6) is -0.375. The zero-order valence-electron chi connectivity index (χ0n) is 6.79. The fourth-order valence-corrected chi connectivity index (χ4v) is 0.286. The molecule has 0 saturated carbocycles. The summed E-state index contributed by atoms with van der Waals surface area (Å²) < 4.78 is 34.1. The Morgan fingerprint density at radius 2 is 1.46 bits per heavy atom. The Morgan fingerprint density at radius 1 is 1.23 bits per heavy atom. The summed E-state index contributed by atoms with van der Waals surface area (Å²) in [7, 11) is -5.17. The second-order valence-electron chi connectivity index (χ2n) is 1.77. The van der Waals surface area contributed by atoms with Crippen molar-refractivity contribution in [2.75, 3.05) is 0 Å². The van der Waals surface area contributed by atoms with E-state index in [2.05, 4.69) is 0 Å². The Labute approximate surface area is 86.7 Å². The van der Waals surface area contributed by atoms with Crippen LogP contribution in [0.1, 0.15) is 13.8 Å². The largest absolute Gasteiger partial charge is 3.00 e. The number of carbonyl (C=O) groups is 1. The topological polar surface area (TPSA) is 120 Å². The number of hydrogen-bond donors (Lipinski definition) is 0. The second-order valence-corrected chi connectivity index (χ2v) is 2.59. The van der Waals surface area contributed by atoms with E-state index in [1.165, 1.54) is 13.8 Å². The van der Waals surface area contributed by atoms with Crippen LogP contribution in [-0.2, 0) is 32.3 Å². The molecule has 0 spiro atoms. The average Bonchev–Trinajstić information content (AvgIpc) is 1.52. The first-order valence-electron chi connectivity index (χ1n) is 2.65. The average molecular weight is 251 g/mol. The molecule has 0 rings (SSSR count). The van der Waals surface area contributed by atoms with Gasteiger partial charge in [-0.3, -0.25) is 13.2 Å². The SMILES string of the molecule is CC(=O)/C=C(/C)[O-].O=S(=O)([O-])[O-].[Fe+3]. The Kier molecular flexibility index (Phi) is 11.6. The summed E-state index contributed by atoms with van der Waals surface area (Å²) >= 11 is 0. The van der Waals surface area contributed by atoms with Gasteiger partial charge in [0, 0.05) is 10.4 Å². The van der Waals surface area contributed by atoms with Gasteiger partial charge in [0.25, 0.3) is 0 Å². The summed E-state index contributed by atoms with van der Waals surface area (Å²) in [5.41, 5.74) is 0. The van der Waals surface area contributed by atoms with Crippen molar-refractivity contribution in [2.24, 2.45) is 0 Å². The van der Waals surface area contributed by atoms with Crippen LogP contribution in [0.5, 0.6) is 0 Å². The first-order chi connectivity index (χ1) is 5.13. The van der Waals surface area contributed by atoms with Crippen LogP contribution in [0.3, 0.4) is 0 Å². The van der Waals surface area contributed by atoms with Crippen molar-refractivity contribution in [1.29, 1.82) is 0 Å². The predicted molar refractivity (Wildman–Crippen MR) is 34.9 cm³/mol. The minimum atomic E-state index is -5.17. The first kappa shape index (κ1) is 18.4. The van der Waals surface area contributed by atoms with Gasteiger partial charge in [-0.25, -0.2) is 0 Å². The van der Waals surface area contributed by atoms with E-state index in [4.69, 9.17) is 17.5 Å². The molecule has 0 aromatic heterocycles. The van der Waals surface area contributed by atoms with Crippen LogP contribution in [0, 0.1) is 0 Å². The fourth-order valence-electron chi connectivity index (χ4n) is 0.286. The number of carbonyl (C=O) groups excluding carboxylic acids is 1. The van der Waals surface area contributed by atoms with Crippen LogP contribution >= 0.6 is 0 Å². The molecule has 0 aliphatic carbocycles. The number of hydrogen-bond acceptors (Lipinski definition) is 6. The molecule has 0 aromatic carbocycles. The Balaban J connectivity index is -0.000000150. The van der Waals surface area contributed by atoms with Crippen LogP contribution in [0.4, 0.5) is 0 Å². The van der Waals surface area contributed by atoms with E-state index in [-0.39, 0.29) is 28.6 Å². The molecular weight excluding hydrogens is 244 g/mol. The Hall–Kier alpha value is -0.401. The monoisotopic (exact) mass is 251 g/mol. The summed E-state index contributed by atoms with van der Waals surface area (Å²) in [6.07, 6.45) is 1.06. The van der Waals surface area contributed by atoms with Crippen LogP contribution in [0.15, 0.2) is 11.8 Å². The number of allylic oxidation sites excluding steroid dienone is 2. The molecule has 0 aliphatic rings. The standard InChI is InChI=1S/C5H8O2.Fe.H2O4S/c1-4(6)3-5(2)7;;1-5(2,3)4/h3,6H,1-2H3;;(H2,1,2,3,4)/q;+3;/p-3/b4-3-;;. The van der Waals surface area contributed by atoms with Crippen molar-refractivity contribution in [1.82, 2.24) is 0 Å². The van der Waals surface area contributed by atoms with Gasteiger partial charge in [0.15, 0.2) is 5.78 Å². The molecule has 0 unspecified atom stereocenters. The molecule has 1 radical (unpaired) electrons. The summed E-state index contributed by atoms with van der Waals surface area (Å²) in [5, 5.41) is 9.98.